The third-order valence-corrected chi connectivity index (χ3v) is 2.70. The third kappa shape index (κ3) is 5.44. The van der Waals surface area contributed by atoms with Gasteiger partial charge in [0.25, 0.3) is 0 Å². The Balaban J connectivity index is 2.74. The molecular weight excluding hydrogens is 260 g/mol. The first-order valence-electron chi connectivity index (χ1n) is 6.61. The molecule has 1 rings (SSSR count). The van der Waals surface area contributed by atoms with Crippen molar-refractivity contribution in [3.63, 3.8) is 0 Å². The van der Waals surface area contributed by atoms with Gasteiger partial charge in [-0.3, -0.25) is 4.79 Å². The lowest BCUT2D eigenvalue weighted by Crippen LogP contribution is -2.30. The summed E-state index contributed by atoms with van der Waals surface area (Å²) in [5, 5.41) is 0. The Hall–Kier alpha value is -1.82. The van der Waals surface area contributed by atoms with E-state index in [0.717, 1.165) is 5.82 Å². The molecule has 0 fully saturated rings. The van der Waals surface area contributed by atoms with Crippen LogP contribution in [0.15, 0.2) is 18.2 Å². The SMILES string of the molecule is CCOc1cccc(N(CCOC)CCC(=O)OC)n1. The molecular formula is C14H22N2O4. The molecule has 1 aromatic rings. The van der Waals surface area contributed by atoms with Crippen molar-refractivity contribution >= 4 is 11.8 Å². The van der Waals surface area contributed by atoms with Gasteiger partial charge in [-0.25, -0.2) is 0 Å². The molecule has 1 heterocycles. The summed E-state index contributed by atoms with van der Waals surface area (Å²) in [5.74, 6) is 1.09. The molecule has 0 spiro atoms. The first kappa shape index (κ1) is 16.2. The smallest absolute Gasteiger partial charge is 0.307 e. The average molecular weight is 282 g/mol. The molecule has 112 valence electrons. The summed E-state index contributed by atoms with van der Waals surface area (Å²) in [6.45, 7) is 4.21. The van der Waals surface area contributed by atoms with E-state index >= 15 is 0 Å². The van der Waals surface area contributed by atoms with E-state index in [2.05, 4.69) is 9.72 Å². The van der Waals surface area contributed by atoms with Crippen LogP contribution in [0.25, 0.3) is 0 Å². The maximum atomic E-state index is 11.3. The second kappa shape index (κ2) is 9.14. The van der Waals surface area contributed by atoms with Crippen LogP contribution >= 0.6 is 0 Å². The first-order valence-corrected chi connectivity index (χ1v) is 6.61. The number of carbonyl (C=O) groups is 1. The standard InChI is InChI=1S/C14H22N2O4/c1-4-20-13-7-5-6-12(15-13)16(10-11-18-2)9-8-14(17)19-3/h5-7H,4,8-11H2,1-3H3. The predicted octanol–water partition coefficient (Wildman–Crippen LogP) is 1.50. The fourth-order valence-corrected chi connectivity index (χ4v) is 1.68. The quantitative estimate of drug-likeness (QED) is 0.640. The van der Waals surface area contributed by atoms with Crippen LogP contribution < -0.4 is 9.64 Å². The number of hydrogen-bond donors (Lipinski definition) is 0. The largest absolute Gasteiger partial charge is 0.478 e. The van der Waals surface area contributed by atoms with Crippen LogP contribution in [-0.2, 0) is 14.3 Å². The Morgan fingerprint density at radius 1 is 1.30 bits per heavy atom. The molecule has 0 aliphatic rings. The summed E-state index contributed by atoms with van der Waals surface area (Å²) in [6.07, 6.45) is 0.306. The van der Waals surface area contributed by atoms with Crippen molar-refractivity contribution < 1.29 is 19.0 Å². The summed E-state index contributed by atoms with van der Waals surface area (Å²) in [5.41, 5.74) is 0. The van der Waals surface area contributed by atoms with Gasteiger partial charge in [0.05, 0.1) is 26.7 Å². The van der Waals surface area contributed by atoms with Gasteiger partial charge in [-0.2, -0.15) is 4.98 Å². The minimum absolute atomic E-state index is 0.242. The van der Waals surface area contributed by atoms with Crippen LogP contribution in [0.1, 0.15) is 13.3 Å². The minimum Gasteiger partial charge on any atom is -0.478 e. The van der Waals surface area contributed by atoms with Crippen LogP contribution in [0.3, 0.4) is 0 Å². The Morgan fingerprint density at radius 3 is 2.75 bits per heavy atom. The molecule has 0 atom stereocenters. The van der Waals surface area contributed by atoms with Gasteiger partial charge in [-0.05, 0) is 13.0 Å². The topological polar surface area (TPSA) is 60.9 Å². The molecule has 0 radical (unpaired) electrons. The molecule has 0 aromatic carbocycles. The molecule has 0 amide bonds. The molecule has 6 nitrogen and oxygen atoms in total. The van der Waals surface area contributed by atoms with Crippen molar-refractivity contribution in [2.45, 2.75) is 13.3 Å². The second-order valence-electron chi connectivity index (χ2n) is 4.07. The fraction of sp³-hybridized carbons (Fsp3) is 0.571. The number of pyridine rings is 1. The van der Waals surface area contributed by atoms with E-state index in [1.54, 1.807) is 7.11 Å². The van der Waals surface area contributed by atoms with Crippen LogP contribution in [-0.4, -0.2) is 51.5 Å². The van der Waals surface area contributed by atoms with E-state index in [0.29, 0.717) is 38.6 Å². The lowest BCUT2D eigenvalue weighted by atomic mass is 10.3. The van der Waals surface area contributed by atoms with E-state index in [1.165, 1.54) is 7.11 Å². The highest BCUT2D eigenvalue weighted by Gasteiger charge is 2.11. The Labute approximate surface area is 119 Å². The molecule has 0 aliphatic heterocycles. The minimum atomic E-state index is -0.242. The zero-order chi connectivity index (χ0) is 14.8. The normalized spacial score (nSPS) is 10.2. The zero-order valence-corrected chi connectivity index (χ0v) is 12.3. The molecule has 20 heavy (non-hydrogen) atoms. The average Bonchev–Trinajstić information content (AvgIpc) is 2.47. The van der Waals surface area contributed by atoms with Crippen molar-refractivity contribution in [2.24, 2.45) is 0 Å². The van der Waals surface area contributed by atoms with Crippen molar-refractivity contribution in [3.05, 3.63) is 18.2 Å². The molecule has 1 aromatic heterocycles. The van der Waals surface area contributed by atoms with Gasteiger partial charge in [-0.15, -0.1) is 0 Å². The number of hydrogen-bond acceptors (Lipinski definition) is 6. The third-order valence-electron chi connectivity index (χ3n) is 2.70. The maximum absolute atomic E-state index is 11.3. The molecule has 0 saturated heterocycles. The number of methoxy groups -OCH3 is 2. The van der Waals surface area contributed by atoms with Crippen LogP contribution in [0.2, 0.25) is 0 Å². The van der Waals surface area contributed by atoms with Gasteiger partial charge in [0.2, 0.25) is 5.88 Å². The van der Waals surface area contributed by atoms with E-state index in [-0.39, 0.29) is 5.97 Å². The van der Waals surface area contributed by atoms with Crippen LogP contribution in [0.4, 0.5) is 5.82 Å². The van der Waals surface area contributed by atoms with Gasteiger partial charge < -0.3 is 19.1 Å². The summed E-state index contributed by atoms with van der Waals surface area (Å²) in [6, 6.07) is 5.57. The van der Waals surface area contributed by atoms with Crippen molar-refractivity contribution in [3.8, 4) is 5.88 Å². The number of ether oxygens (including phenoxy) is 3. The zero-order valence-electron chi connectivity index (χ0n) is 12.3. The van der Waals surface area contributed by atoms with E-state index in [1.807, 2.05) is 30.0 Å². The van der Waals surface area contributed by atoms with Gasteiger partial charge >= 0.3 is 5.97 Å². The fourth-order valence-electron chi connectivity index (χ4n) is 1.68. The van der Waals surface area contributed by atoms with Crippen molar-refractivity contribution in [2.75, 3.05) is 45.4 Å². The number of esters is 1. The summed E-state index contributed by atoms with van der Waals surface area (Å²) in [4.78, 5) is 17.7. The number of anilines is 1. The highest BCUT2D eigenvalue weighted by molar-refractivity contribution is 5.69. The van der Waals surface area contributed by atoms with Crippen LogP contribution in [0, 0.1) is 0 Å². The molecule has 0 N–H and O–H groups in total. The number of rotatable bonds is 9. The summed E-state index contributed by atoms with van der Waals surface area (Å²) < 4.78 is 15.1. The Bertz CT molecular complexity index is 412. The summed E-state index contributed by atoms with van der Waals surface area (Å²) >= 11 is 0. The molecule has 0 bridgehead atoms. The van der Waals surface area contributed by atoms with Crippen molar-refractivity contribution in [1.82, 2.24) is 4.98 Å². The first-order chi connectivity index (χ1) is 9.71. The second-order valence-corrected chi connectivity index (χ2v) is 4.07. The van der Waals surface area contributed by atoms with Gasteiger partial charge in [0, 0.05) is 26.3 Å². The predicted molar refractivity (Wildman–Crippen MR) is 76.1 cm³/mol. The van der Waals surface area contributed by atoms with Gasteiger partial charge in [0.1, 0.15) is 5.82 Å². The van der Waals surface area contributed by atoms with Crippen molar-refractivity contribution in [1.29, 1.82) is 0 Å². The van der Waals surface area contributed by atoms with Gasteiger partial charge in [-0.1, -0.05) is 6.07 Å². The molecule has 6 heteroatoms. The van der Waals surface area contributed by atoms with E-state index in [4.69, 9.17) is 9.47 Å². The molecule has 0 unspecified atom stereocenters. The number of carbonyl (C=O) groups excluding carboxylic acids is 1. The van der Waals surface area contributed by atoms with Gasteiger partial charge in [0.15, 0.2) is 0 Å². The lowest BCUT2D eigenvalue weighted by molar-refractivity contribution is -0.140. The monoisotopic (exact) mass is 282 g/mol. The highest BCUT2D eigenvalue weighted by atomic mass is 16.5. The highest BCUT2D eigenvalue weighted by Crippen LogP contribution is 2.16. The molecule has 0 saturated carbocycles. The summed E-state index contributed by atoms with van der Waals surface area (Å²) in [7, 11) is 3.03. The molecule has 0 aliphatic carbocycles. The van der Waals surface area contributed by atoms with Crippen LogP contribution in [0.5, 0.6) is 5.88 Å². The maximum Gasteiger partial charge on any atom is 0.307 e. The lowest BCUT2D eigenvalue weighted by Gasteiger charge is -2.23. The Kier molecular flexibility index (Phi) is 7.42. The number of nitrogens with zero attached hydrogens (tertiary/aromatic N) is 2. The van der Waals surface area contributed by atoms with E-state index in [9.17, 15) is 4.79 Å². The Morgan fingerprint density at radius 2 is 2.10 bits per heavy atom. The van der Waals surface area contributed by atoms with E-state index < -0.39 is 0 Å². The number of aromatic nitrogens is 1.